The zero-order valence-electron chi connectivity index (χ0n) is 11.9. The van der Waals surface area contributed by atoms with E-state index in [4.69, 9.17) is 0 Å². The van der Waals surface area contributed by atoms with Gasteiger partial charge in [0.05, 0.1) is 0 Å². The molecule has 3 aliphatic rings. The number of aromatic nitrogens is 3. The number of rotatable bonds is 2. The minimum atomic E-state index is -0.00722. The number of carbonyl (C=O) groups excluding carboxylic acids is 1. The van der Waals surface area contributed by atoms with Crippen molar-refractivity contribution < 1.29 is 4.79 Å². The van der Waals surface area contributed by atoms with Crippen molar-refractivity contribution in [3.63, 3.8) is 0 Å². The molecule has 3 fully saturated rings. The van der Waals surface area contributed by atoms with Crippen molar-refractivity contribution in [2.45, 2.75) is 50.6 Å². The van der Waals surface area contributed by atoms with E-state index in [1.807, 2.05) is 4.90 Å². The van der Waals surface area contributed by atoms with Crippen molar-refractivity contribution in [1.82, 2.24) is 25.0 Å². The van der Waals surface area contributed by atoms with Crippen LogP contribution in [-0.2, 0) is 0 Å². The molecule has 0 spiro atoms. The molecule has 1 aromatic rings. The molecule has 0 bridgehead atoms. The lowest BCUT2D eigenvalue weighted by atomic mass is 10.1. The predicted molar refractivity (Wildman–Crippen MR) is 73.5 cm³/mol. The molecular weight excluding hydrogens is 254 g/mol. The van der Waals surface area contributed by atoms with Gasteiger partial charge in [0.15, 0.2) is 0 Å². The molecule has 1 amide bonds. The second-order valence-corrected chi connectivity index (χ2v) is 6.42. The maximum Gasteiger partial charge on any atom is 0.293 e. The van der Waals surface area contributed by atoms with Crippen LogP contribution in [0.2, 0.25) is 0 Å². The normalized spacial score (nSPS) is 30.6. The standard InChI is InChI=1S/C14H21N5O/c1-9-7-18-6-2-3-11(18)8-19(9)14(20)13-15-12(16-17-13)10-4-5-10/h9-11H,2-8H2,1H3,(H,15,16,17). The van der Waals surface area contributed by atoms with Crippen LogP contribution in [0.4, 0.5) is 0 Å². The molecule has 1 saturated carbocycles. The summed E-state index contributed by atoms with van der Waals surface area (Å²) in [5, 5.41) is 7.06. The van der Waals surface area contributed by atoms with Crippen molar-refractivity contribution in [1.29, 1.82) is 0 Å². The van der Waals surface area contributed by atoms with E-state index in [0.717, 1.165) is 18.9 Å². The topological polar surface area (TPSA) is 65.1 Å². The Bertz CT molecular complexity index is 523. The molecule has 2 atom stereocenters. The van der Waals surface area contributed by atoms with E-state index in [1.165, 1.54) is 32.2 Å². The summed E-state index contributed by atoms with van der Waals surface area (Å²) in [5.74, 6) is 1.74. The Morgan fingerprint density at radius 1 is 1.30 bits per heavy atom. The van der Waals surface area contributed by atoms with Gasteiger partial charge in [-0.05, 0) is 39.2 Å². The molecule has 2 saturated heterocycles. The zero-order chi connectivity index (χ0) is 13.7. The van der Waals surface area contributed by atoms with E-state index in [9.17, 15) is 4.79 Å². The number of nitrogens with one attached hydrogen (secondary N) is 1. The van der Waals surface area contributed by atoms with Crippen LogP contribution in [0.15, 0.2) is 0 Å². The SMILES string of the molecule is CC1CN2CCCC2CN1C(=O)c1n[nH]c(C2CC2)n1. The number of hydrogen-bond acceptors (Lipinski definition) is 4. The van der Waals surface area contributed by atoms with Crippen LogP contribution in [0.3, 0.4) is 0 Å². The van der Waals surface area contributed by atoms with Crippen molar-refractivity contribution in [3.8, 4) is 0 Å². The molecule has 1 N–H and O–H groups in total. The van der Waals surface area contributed by atoms with Crippen LogP contribution in [0.5, 0.6) is 0 Å². The van der Waals surface area contributed by atoms with Gasteiger partial charge in [0, 0.05) is 31.1 Å². The third-order valence-electron chi connectivity index (χ3n) is 4.86. The molecule has 6 nitrogen and oxygen atoms in total. The first kappa shape index (κ1) is 12.3. The lowest BCUT2D eigenvalue weighted by Gasteiger charge is -2.41. The first-order valence-electron chi connectivity index (χ1n) is 7.69. The Labute approximate surface area is 118 Å². The van der Waals surface area contributed by atoms with Gasteiger partial charge in [-0.2, -0.15) is 0 Å². The van der Waals surface area contributed by atoms with Crippen molar-refractivity contribution >= 4 is 5.91 Å². The fourth-order valence-electron chi connectivity index (χ4n) is 3.51. The molecular formula is C14H21N5O. The third kappa shape index (κ3) is 2.02. The smallest absolute Gasteiger partial charge is 0.293 e. The number of nitrogens with zero attached hydrogens (tertiary/aromatic N) is 4. The summed E-state index contributed by atoms with van der Waals surface area (Å²) >= 11 is 0. The molecule has 4 rings (SSSR count). The van der Waals surface area contributed by atoms with Crippen LogP contribution in [0.25, 0.3) is 0 Å². The summed E-state index contributed by atoms with van der Waals surface area (Å²) in [5.41, 5.74) is 0. The van der Waals surface area contributed by atoms with Gasteiger partial charge >= 0.3 is 0 Å². The van der Waals surface area contributed by atoms with E-state index in [2.05, 4.69) is 27.0 Å². The molecule has 1 aromatic heterocycles. The van der Waals surface area contributed by atoms with Crippen LogP contribution < -0.4 is 0 Å². The number of piperazine rings is 1. The second kappa shape index (κ2) is 4.55. The van der Waals surface area contributed by atoms with Gasteiger partial charge in [0.2, 0.25) is 5.82 Å². The number of aromatic amines is 1. The van der Waals surface area contributed by atoms with Gasteiger partial charge in [-0.3, -0.25) is 14.8 Å². The van der Waals surface area contributed by atoms with Crippen molar-refractivity contribution in [2.24, 2.45) is 0 Å². The van der Waals surface area contributed by atoms with Gasteiger partial charge in [0.1, 0.15) is 5.82 Å². The number of H-pyrrole nitrogens is 1. The van der Waals surface area contributed by atoms with Gasteiger partial charge in [-0.15, -0.1) is 5.10 Å². The number of carbonyl (C=O) groups is 1. The first-order chi connectivity index (χ1) is 9.72. The molecule has 6 heteroatoms. The summed E-state index contributed by atoms with van der Waals surface area (Å²) in [7, 11) is 0. The maximum absolute atomic E-state index is 12.6. The van der Waals surface area contributed by atoms with Crippen LogP contribution in [0, 0.1) is 0 Å². The minimum Gasteiger partial charge on any atom is -0.330 e. The highest BCUT2D eigenvalue weighted by atomic mass is 16.2. The third-order valence-corrected chi connectivity index (χ3v) is 4.86. The van der Waals surface area contributed by atoms with Crippen LogP contribution in [-0.4, -0.2) is 62.6 Å². The van der Waals surface area contributed by atoms with Gasteiger partial charge in [-0.25, -0.2) is 4.98 Å². The fraction of sp³-hybridized carbons (Fsp3) is 0.786. The van der Waals surface area contributed by atoms with Crippen molar-refractivity contribution in [3.05, 3.63) is 11.6 Å². The van der Waals surface area contributed by atoms with E-state index in [0.29, 0.717) is 17.8 Å². The summed E-state index contributed by atoms with van der Waals surface area (Å²) in [6.07, 6.45) is 4.80. The highest BCUT2D eigenvalue weighted by molar-refractivity contribution is 5.90. The highest BCUT2D eigenvalue weighted by Gasteiger charge is 2.38. The summed E-state index contributed by atoms with van der Waals surface area (Å²) < 4.78 is 0. The van der Waals surface area contributed by atoms with E-state index in [1.54, 1.807) is 0 Å². The molecule has 0 radical (unpaired) electrons. The Hall–Kier alpha value is -1.43. The predicted octanol–water partition coefficient (Wildman–Crippen LogP) is 0.991. The Morgan fingerprint density at radius 3 is 2.95 bits per heavy atom. The fourth-order valence-corrected chi connectivity index (χ4v) is 3.51. The monoisotopic (exact) mass is 275 g/mol. The molecule has 108 valence electrons. The molecule has 2 aliphatic heterocycles. The average Bonchev–Trinajstić information content (AvgIpc) is 3.00. The highest BCUT2D eigenvalue weighted by Crippen LogP contribution is 2.37. The lowest BCUT2D eigenvalue weighted by Crippen LogP contribution is -2.56. The second-order valence-electron chi connectivity index (χ2n) is 6.42. The quantitative estimate of drug-likeness (QED) is 0.874. The number of hydrogen-bond donors (Lipinski definition) is 1. The van der Waals surface area contributed by atoms with Crippen molar-refractivity contribution in [2.75, 3.05) is 19.6 Å². The zero-order valence-corrected chi connectivity index (χ0v) is 11.9. The number of fused-ring (bicyclic) bond motifs is 1. The van der Waals surface area contributed by atoms with Gasteiger partial charge in [-0.1, -0.05) is 0 Å². The molecule has 2 unspecified atom stereocenters. The Morgan fingerprint density at radius 2 is 2.15 bits per heavy atom. The Kier molecular flexibility index (Phi) is 2.80. The Balaban J connectivity index is 1.51. The largest absolute Gasteiger partial charge is 0.330 e. The van der Waals surface area contributed by atoms with E-state index >= 15 is 0 Å². The first-order valence-corrected chi connectivity index (χ1v) is 7.69. The van der Waals surface area contributed by atoms with Gasteiger partial charge in [0.25, 0.3) is 5.91 Å². The molecule has 3 heterocycles. The molecule has 1 aliphatic carbocycles. The number of amides is 1. The summed E-state index contributed by atoms with van der Waals surface area (Å²) in [6.45, 7) is 5.12. The van der Waals surface area contributed by atoms with Crippen LogP contribution in [0.1, 0.15) is 55.0 Å². The lowest BCUT2D eigenvalue weighted by molar-refractivity contribution is 0.0385. The summed E-state index contributed by atoms with van der Waals surface area (Å²) in [4.78, 5) is 21.5. The minimum absolute atomic E-state index is 0.00722. The van der Waals surface area contributed by atoms with Crippen LogP contribution >= 0.6 is 0 Å². The molecule has 0 aromatic carbocycles. The maximum atomic E-state index is 12.6. The van der Waals surface area contributed by atoms with E-state index in [-0.39, 0.29) is 11.9 Å². The summed E-state index contributed by atoms with van der Waals surface area (Å²) in [6, 6.07) is 0.789. The van der Waals surface area contributed by atoms with Gasteiger partial charge < -0.3 is 4.90 Å². The molecule has 20 heavy (non-hydrogen) atoms. The average molecular weight is 275 g/mol. The van der Waals surface area contributed by atoms with E-state index < -0.39 is 0 Å².